The smallest absolute Gasteiger partial charge is 0.256 e. The van der Waals surface area contributed by atoms with Crippen LogP contribution in [0.25, 0.3) is 10.9 Å². The first-order valence-electron chi connectivity index (χ1n) is 6.59. The summed E-state index contributed by atoms with van der Waals surface area (Å²) >= 11 is 0. The lowest BCUT2D eigenvalue weighted by Crippen LogP contribution is -2.27. The zero-order chi connectivity index (χ0) is 13.4. The van der Waals surface area contributed by atoms with E-state index in [1.807, 2.05) is 29.2 Å². The number of benzene rings is 1. The molecule has 0 atom stereocenters. The highest BCUT2D eigenvalue weighted by atomic mass is 16.2. The van der Waals surface area contributed by atoms with Crippen LogP contribution in [0.15, 0.2) is 30.5 Å². The molecule has 1 aliphatic heterocycles. The van der Waals surface area contributed by atoms with Crippen molar-refractivity contribution in [1.29, 1.82) is 0 Å². The molecule has 1 aliphatic rings. The van der Waals surface area contributed by atoms with E-state index in [1.54, 1.807) is 10.8 Å². The van der Waals surface area contributed by atoms with Crippen LogP contribution < -0.4 is 0 Å². The van der Waals surface area contributed by atoms with E-state index in [1.165, 1.54) is 6.92 Å². The Morgan fingerprint density at radius 3 is 2.47 bits per heavy atom. The molecule has 1 fully saturated rings. The van der Waals surface area contributed by atoms with Gasteiger partial charge in [0.2, 0.25) is 5.91 Å². The van der Waals surface area contributed by atoms with Gasteiger partial charge in [-0.2, -0.15) is 0 Å². The fourth-order valence-electron chi connectivity index (χ4n) is 2.70. The lowest BCUT2D eigenvalue weighted by atomic mass is 10.1. The molecule has 1 saturated heterocycles. The van der Waals surface area contributed by atoms with Crippen molar-refractivity contribution < 1.29 is 9.59 Å². The number of nitrogens with zero attached hydrogens (tertiary/aromatic N) is 2. The number of hydrogen-bond donors (Lipinski definition) is 0. The van der Waals surface area contributed by atoms with Crippen LogP contribution in [0.5, 0.6) is 0 Å². The summed E-state index contributed by atoms with van der Waals surface area (Å²) in [5.74, 6) is -0.0367. The van der Waals surface area contributed by atoms with E-state index in [-0.39, 0.29) is 11.8 Å². The summed E-state index contributed by atoms with van der Waals surface area (Å²) in [5, 5.41) is 0.856. The molecule has 0 aliphatic carbocycles. The number of para-hydroxylation sites is 1. The molecule has 2 heterocycles. The van der Waals surface area contributed by atoms with E-state index in [0.717, 1.165) is 36.8 Å². The van der Waals surface area contributed by atoms with Crippen LogP contribution in [0.1, 0.15) is 34.9 Å². The number of rotatable bonds is 1. The lowest BCUT2D eigenvalue weighted by molar-refractivity contribution is 0.0794. The minimum atomic E-state index is -0.0725. The van der Waals surface area contributed by atoms with Crippen molar-refractivity contribution in [2.24, 2.45) is 0 Å². The second kappa shape index (κ2) is 4.53. The van der Waals surface area contributed by atoms with Crippen LogP contribution in [0.2, 0.25) is 0 Å². The van der Waals surface area contributed by atoms with Crippen LogP contribution in [0, 0.1) is 0 Å². The summed E-state index contributed by atoms with van der Waals surface area (Å²) < 4.78 is 1.55. The van der Waals surface area contributed by atoms with Gasteiger partial charge < -0.3 is 4.90 Å². The van der Waals surface area contributed by atoms with Crippen molar-refractivity contribution in [1.82, 2.24) is 9.47 Å². The molecule has 0 saturated carbocycles. The number of fused-ring (bicyclic) bond motifs is 1. The van der Waals surface area contributed by atoms with Crippen LogP contribution in [0.3, 0.4) is 0 Å². The zero-order valence-corrected chi connectivity index (χ0v) is 10.9. The van der Waals surface area contributed by atoms with Gasteiger partial charge in [-0.15, -0.1) is 0 Å². The monoisotopic (exact) mass is 256 g/mol. The number of carbonyl (C=O) groups excluding carboxylic acids is 2. The predicted molar refractivity (Wildman–Crippen MR) is 73.4 cm³/mol. The SMILES string of the molecule is CC(=O)n1cc(C(=O)N2CCCC2)c2ccccc21. The summed E-state index contributed by atoms with van der Waals surface area (Å²) in [7, 11) is 0. The number of amides is 1. The largest absolute Gasteiger partial charge is 0.339 e. The van der Waals surface area contributed by atoms with Crippen molar-refractivity contribution in [3.05, 3.63) is 36.0 Å². The minimum absolute atomic E-state index is 0.0358. The molecule has 19 heavy (non-hydrogen) atoms. The molecule has 2 aromatic rings. The van der Waals surface area contributed by atoms with Gasteiger partial charge in [0, 0.05) is 31.6 Å². The van der Waals surface area contributed by atoms with Gasteiger partial charge in [-0.1, -0.05) is 18.2 Å². The summed E-state index contributed by atoms with van der Waals surface area (Å²) in [6.07, 6.45) is 3.81. The Kier molecular flexibility index (Phi) is 2.85. The van der Waals surface area contributed by atoms with E-state index >= 15 is 0 Å². The van der Waals surface area contributed by atoms with Crippen molar-refractivity contribution in [3.63, 3.8) is 0 Å². The Morgan fingerprint density at radius 1 is 1.11 bits per heavy atom. The highest BCUT2D eigenvalue weighted by Crippen LogP contribution is 2.24. The van der Waals surface area contributed by atoms with Gasteiger partial charge in [-0.25, -0.2) is 0 Å². The molecule has 0 spiro atoms. The van der Waals surface area contributed by atoms with Crippen molar-refractivity contribution in [2.75, 3.05) is 13.1 Å². The Hall–Kier alpha value is -2.10. The Labute approximate surface area is 111 Å². The molecule has 0 N–H and O–H groups in total. The summed E-state index contributed by atoms with van der Waals surface area (Å²) in [4.78, 5) is 26.0. The van der Waals surface area contributed by atoms with Crippen LogP contribution in [-0.2, 0) is 0 Å². The van der Waals surface area contributed by atoms with Crippen molar-refractivity contribution in [3.8, 4) is 0 Å². The second-order valence-corrected chi connectivity index (χ2v) is 4.95. The highest BCUT2D eigenvalue weighted by molar-refractivity contribution is 6.09. The molecule has 1 aromatic carbocycles. The quantitative estimate of drug-likeness (QED) is 0.786. The average molecular weight is 256 g/mol. The standard InChI is InChI=1S/C15H16N2O2/c1-11(18)17-10-13(12-6-2-3-7-14(12)17)15(19)16-8-4-5-9-16/h2-3,6-7,10H,4-5,8-9H2,1H3. The van der Waals surface area contributed by atoms with Gasteiger partial charge in [-0.05, 0) is 18.9 Å². The summed E-state index contributed by atoms with van der Waals surface area (Å²) in [6, 6.07) is 7.55. The van der Waals surface area contributed by atoms with E-state index < -0.39 is 0 Å². The fourth-order valence-corrected chi connectivity index (χ4v) is 2.70. The van der Waals surface area contributed by atoms with Gasteiger partial charge >= 0.3 is 0 Å². The maximum absolute atomic E-state index is 12.5. The molecular formula is C15H16N2O2. The molecule has 3 rings (SSSR count). The summed E-state index contributed by atoms with van der Waals surface area (Å²) in [5.41, 5.74) is 1.44. The maximum Gasteiger partial charge on any atom is 0.256 e. The first-order valence-corrected chi connectivity index (χ1v) is 6.59. The van der Waals surface area contributed by atoms with Gasteiger partial charge in [0.15, 0.2) is 0 Å². The normalized spacial score (nSPS) is 15.1. The third-order valence-electron chi connectivity index (χ3n) is 3.67. The molecule has 0 radical (unpaired) electrons. The Morgan fingerprint density at radius 2 is 1.79 bits per heavy atom. The predicted octanol–water partition coefficient (Wildman–Crippen LogP) is 2.54. The molecule has 4 heteroatoms. The first-order chi connectivity index (χ1) is 9.18. The summed E-state index contributed by atoms with van der Waals surface area (Å²) in [6.45, 7) is 3.15. The van der Waals surface area contributed by atoms with Gasteiger partial charge in [0.1, 0.15) is 0 Å². The van der Waals surface area contributed by atoms with E-state index in [4.69, 9.17) is 0 Å². The lowest BCUT2D eigenvalue weighted by Gasteiger charge is -2.14. The van der Waals surface area contributed by atoms with E-state index in [2.05, 4.69) is 0 Å². The third-order valence-corrected chi connectivity index (χ3v) is 3.67. The molecular weight excluding hydrogens is 240 g/mol. The highest BCUT2D eigenvalue weighted by Gasteiger charge is 2.23. The Bertz CT molecular complexity index is 651. The first kappa shape index (κ1) is 12.0. The van der Waals surface area contributed by atoms with Gasteiger partial charge in [-0.3, -0.25) is 14.2 Å². The second-order valence-electron chi connectivity index (χ2n) is 4.95. The topological polar surface area (TPSA) is 42.3 Å². The fraction of sp³-hybridized carbons (Fsp3) is 0.333. The van der Waals surface area contributed by atoms with Gasteiger partial charge in [0.05, 0.1) is 11.1 Å². The number of aromatic nitrogens is 1. The van der Waals surface area contributed by atoms with Crippen molar-refractivity contribution >= 4 is 22.7 Å². The van der Waals surface area contributed by atoms with Crippen LogP contribution in [-0.4, -0.2) is 34.4 Å². The Balaban J connectivity index is 2.13. The molecule has 0 bridgehead atoms. The van der Waals surface area contributed by atoms with Crippen LogP contribution >= 0.6 is 0 Å². The minimum Gasteiger partial charge on any atom is -0.339 e. The molecule has 4 nitrogen and oxygen atoms in total. The number of hydrogen-bond acceptors (Lipinski definition) is 2. The van der Waals surface area contributed by atoms with Crippen LogP contribution in [0.4, 0.5) is 0 Å². The molecule has 0 unspecified atom stereocenters. The third kappa shape index (κ3) is 1.93. The van der Waals surface area contributed by atoms with E-state index in [9.17, 15) is 9.59 Å². The number of carbonyl (C=O) groups is 2. The molecule has 1 amide bonds. The average Bonchev–Trinajstić information content (AvgIpc) is 3.05. The molecule has 98 valence electrons. The van der Waals surface area contributed by atoms with E-state index in [0.29, 0.717) is 5.56 Å². The van der Waals surface area contributed by atoms with Crippen molar-refractivity contribution in [2.45, 2.75) is 19.8 Å². The number of likely N-dealkylation sites (tertiary alicyclic amines) is 1. The maximum atomic E-state index is 12.5. The van der Waals surface area contributed by atoms with Gasteiger partial charge in [0.25, 0.3) is 5.91 Å². The zero-order valence-electron chi connectivity index (χ0n) is 10.9. The molecule has 1 aromatic heterocycles.